The first-order valence-electron chi connectivity index (χ1n) is 5.71. The quantitative estimate of drug-likeness (QED) is 0.781. The summed E-state index contributed by atoms with van der Waals surface area (Å²) in [5.41, 5.74) is 4.17. The Kier molecular flexibility index (Phi) is 3.48. The summed E-state index contributed by atoms with van der Waals surface area (Å²) in [7, 11) is 0. The number of benzene rings is 1. The molecule has 0 atom stereocenters. The predicted molar refractivity (Wildman–Crippen MR) is 69.7 cm³/mol. The van der Waals surface area contributed by atoms with E-state index in [1.54, 1.807) is 0 Å². The lowest BCUT2D eigenvalue weighted by atomic mass is 10.0. The number of alkyl halides is 1. The fourth-order valence-corrected chi connectivity index (χ4v) is 1.99. The molecular weight excluding hydrogens is 234 g/mol. The van der Waals surface area contributed by atoms with Crippen molar-refractivity contribution in [2.24, 2.45) is 0 Å². The van der Waals surface area contributed by atoms with Gasteiger partial charge >= 0.3 is 0 Å². The first-order chi connectivity index (χ1) is 8.13. The van der Waals surface area contributed by atoms with Gasteiger partial charge in [-0.1, -0.05) is 31.2 Å². The SMILES string of the molecule is Cc1c(CCl)nnn1-c1cccc(C(C)C)c1. The third kappa shape index (κ3) is 2.34. The van der Waals surface area contributed by atoms with Crippen molar-refractivity contribution in [3.63, 3.8) is 0 Å². The molecule has 17 heavy (non-hydrogen) atoms. The van der Waals surface area contributed by atoms with E-state index in [4.69, 9.17) is 11.6 Å². The van der Waals surface area contributed by atoms with E-state index in [0.717, 1.165) is 17.1 Å². The molecule has 0 radical (unpaired) electrons. The molecule has 1 aromatic carbocycles. The number of aromatic nitrogens is 3. The van der Waals surface area contributed by atoms with E-state index in [-0.39, 0.29) is 0 Å². The van der Waals surface area contributed by atoms with Crippen molar-refractivity contribution in [2.45, 2.75) is 32.6 Å². The lowest BCUT2D eigenvalue weighted by Crippen LogP contribution is -2.00. The van der Waals surface area contributed by atoms with Crippen molar-refractivity contribution >= 4 is 11.6 Å². The smallest absolute Gasteiger partial charge is 0.101 e. The molecule has 0 aliphatic rings. The van der Waals surface area contributed by atoms with Gasteiger partial charge in [-0.15, -0.1) is 16.7 Å². The average molecular weight is 250 g/mol. The van der Waals surface area contributed by atoms with Crippen molar-refractivity contribution in [3.8, 4) is 5.69 Å². The van der Waals surface area contributed by atoms with Crippen LogP contribution in [0.3, 0.4) is 0 Å². The maximum absolute atomic E-state index is 5.80. The van der Waals surface area contributed by atoms with Crippen LogP contribution >= 0.6 is 11.6 Å². The van der Waals surface area contributed by atoms with Crippen LogP contribution in [0, 0.1) is 6.92 Å². The Morgan fingerprint density at radius 1 is 1.35 bits per heavy atom. The van der Waals surface area contributed by atoms with Crippen LogP contribution in [-0.2, 0) is 5.88 Å². The van der Waals surface area contributed by atoms with E-state index >= 15 is 0 Å². The summed E-state index contributed by atoms with van der Waals surface area (Å²) in [5.74, 6) is 0.904. The van der Waals surface area contributed by atoms with E-state index in [1.807, 2.05) is 23.7 Å². The molecule has 90 valence electrons. The molecule has 0 bridgehead atoms. The van der Waals surface area contributed by atoms with Crippen LogP contribution < -0.4 is 0 Å². The van der Waals surface area contributed by atoms with Gasteiger partial charge < -0.3 is 0 Å². The summed E-state index contributed by atoms with van der Waals surface area (Å²) in [5, 5.41) is 8.21. The number of nitrogens with zero attached hydrogens (tertiary/aromatic N) is 3. The first-order valence-corrected chi connectivity index (χ1v) is 6.24. The molecule has 0 aliphatic heterocycles. The average Bonchev–Trinajstić information content (AvgIpc) is 2.70. The number of rotatable bonds is 3. The van der Waals surface area contributed by atoms with Gasteiger partial charge in [-0.25, -0.2) is 4.68 Å². The third-order valence-corrected chi connectivity index (χ3v) is 3.15. The van der Waals surface area contributed by atoms with Gasteiger partial charge in [-0.3, -0.25) is 0 Å². The van der Waals surface area contributed by atoms with E-state index in [9.17, 15) is 0 Å². The number of halogens is 1. The summed E-state index contributed by atoms with van der Waals surface area (Å²) in [6, 6.07) is 8.35. The molecule has 0 spiro atoms. The second kappa shape index (κ2) is 4.88. The monoisotopic (exact) mass is 249 g/mol. The largest absolute Gasteiger partial charge is 0.218 e. The normalized spacial score (nSPS) is 11.1. The standard InChI is InChI=1S/C13H16ClN3/c1-9(2)11-5-4-6-12(7-11)17-10(3)13(8-14)15-16-17/h4-7,9H,8H2,1-3H3. The zero-order chi connectivity index (χ0) is 12.4. The summed E-state index contributed by atoms with van der Waals surface area (Å²) < 4.78 is 1.84. The Morgan fingerprint density at radius 3 is 2.71 bits per heavy atom. The molecule has 0 N–H and O–H groups in total. The Morgan fingerprint density at radius 2 is 2.12 bits per heavy atom. The topological polar surface area (TPSA) is 30.7 Å². The van der Waals surface area contributed by atoms with Crippen molar-refractivity contribution in [3.05, 3.63) is 41.2 Å². The van der Waals surface area contributed by atoms with Crippen LogP contribution in [0.5, 0.6) is 0 Å². The van der Waals surface area contributed by atoms with Gasteiger partial charge in [0.2, 0.25) is 0 Å². The summed E-state index contributed by atoms with van der Waals surface area (Å²) in [4.78, 5) is 0. The highest BCUT2D eigenvalue weighted by Gasteiger charge is 2.09. The van der Waals surface area contributed by atoms with Crippen LogP contribution in [-0.4, -0.2) is 15.0 Å². The van der Waals surface area contributed by atoms with Crippen molar-refractivity contribution < 1.29 is 0 Å². The molecule has 3 nitrogen and oxygen atoms in total. The second-order valence-electron chi connectivity index (χ2n) is 4.42. The van der Waals surface area contributed by atoms with Gasteiger partial charge in [-0.2, -0.15) is 0 Å². The molecule has 0 unspecified atom stereocenters. The molecule has 2 rings (SSSR count). The minimum Gasteiger partial charge on any atom is -0.218 e. The summed E-state index contributed by atoms with van der Waals surface area (Å²) >= 11 is 5.80. The Hall–Kier alpha value is -1.35. The van der Waals surface area contributed by atoms with E-state index < -0.39 is 0 Å². The highest BCUT2D eigenvalue weighted by atomic mass is 35.5. The van der Waals surface area contributed by atoms with E-state index in [1.165, 1.54) is 5.56 Å². The van der Waals surface area contributed by atoms with Gasteiger partial charge in [0.15, 0.2) is 0 Å². The van der Waals surface area contributed by atoms with Gasteiger partial charge in [0, 0.05) is 0 Å². The first kappa shape index (κ1) is 12.1. The fourth-order valence-electron chi connectivity index (χ4n) is 1.74. The van der Waals surface area contributed by atoms with Gasteiger partial charge in [0.1, 0.15) is 5.69 Å². The molecule has 0 fully saturated rings. The molecule has 0 amide bonds. The van der Waals surface area contributed by atoms with E-state index in [0.29, 0.717) is 11.8 Å². The molecule has 0 aliphatic carbocycles. The highest BCUT2D eigenvalue weighted by molar-refractivity contribution is 6.16. The summed E-state index contributed by atoms with van der Waals surface area (Å²) in [6.45, 7) is 6.34. The highest BCUT2D eigenvalue weighted by Crippen LogP contribution is 2.19. The Balaban J connectivity index is 2.45. The van der Waals surface area contributed by atoms with Crippen LogP contribution in [0.1, 0.15) is 36.7 Å². The summed E-state index contributed by atoms with van der Waals surface area (Å²) in [6.07, 6.45) is 0. The van der Waals surface area contributed by atoms with Gasteiger partial charge in [0.25, 0.3) is 0 Å². The number of hydrogen-bond acceptors (Lipinski definition) is 2. The molecule has 1 heterocycles. The van der Waals surface area contributed by atoms with Crippen LogP contribution in [0.4, 0.5) is 0 Å². The molecular formula is C13H16ClN3. The zero-order valence-corrected chi connectivity index (χ0v) is 11.1. The molecule has 1 aromatic heterocycles. The molecule has 4 heteroatoms. The van der Waals surface area contributed by atoms with Crippen molar-refractivity contribution in [2.75, 3.05) is 0 Å². The van der Waals surface area contributed by atoms with Crippen molar-refractivity contribution in [1.29, 1.82) is 0 Å². The lowest BCUT2D eigenvalue weighted by Gasteiger charge is -2.08. The minimum atomic E-state index is 0.399. The second-order valence-corrected chi connectivity index (χ2v) is 4.68. The Bertz CT molecular complexity index is 517. The Labute approximate surface area is 106 Å². The lowest BCUT2D eigenvalue weighted by molar-refractivity contribution is 0.778. The maximum Gasteiger partial charge on any atom is 0.101 e. The molecule has 0 saturated carbocycles. The van der Waals surface area contributed by atoms with Crippen LogP contribution in [0.2, 0.25) is 0 Å². The maximum atomic E-state index is 5.80. The molecule has 0 saturated heterocycles. The minimum absolute atomic E-state index is 0.399. The van der Waals surface area contributed by atoms with Crippen LogP contribution in [0.15, 0.2) is 24.3 Å². The van der Waals surface area contributed by atoms with Crippen molar-refractivity contribution in [1.82, 2.24) is 15.0 Å². The fraction of sp³-hybridized carbons (Fsp3) is 0.385. The number of hydrogen-bond donors (Lipinski definition) is 0. The predicted octanol–water partition coefficient (Wildman–Crippen LogP) is 3.44. The van der Waals surface area contributed by atoms with Crippen LogP contribution in [0.25, 0.3) is 5.69 Å². The van der Waals surface area contributed by atoms with E-state index in [2.05, 4.69) is 36.3 Å². The van der Waals surface area contributed by atoms with Gasteiger partial charge in [-0.05, 0) is 30.5 Å². The zero-order valence-electron chi connectivity index (χ0n) is 10.3. The molecule has 2 aromatic rings. The third-order valence-electron chi connectivity index (χ3n) is 2.90. The van der Waals surface area contributed by atoms with Gasteiger partial charge in [0.05, 0.1) is 17.3 Å².